The van der Waals surface area contributed by atoms with Gasteiger partial charge in [-0.1, -0.05) is 6.07 Å². The first-order valence-corrected chi connectivity index (χ1v) is 5.49. The molecule has 0 aliphatic heterocycles. The summed E-state index contributed by atoms with van der Waals surface area (Å²) in [5.74, 6) is 1.33. The lowest BCUT2D eigenvalue weighted by Gasteiger charge is -2.09. The standard InChI is InChI=1S/C12H17N5/c1-8-4-5-9-10(6-8)16-11(15-9)7-14-12(13)17(2)3/h4-6H,7H2,1-3H3,(H2,13,14)(H,15,16). The molecule has 1 aromatic heterocycles. The Balaban J connectivity index is 2.23. The van der Waals surface area contributed by atoms with Gasteiger partial charge in [0, 0.05) is 14.1 Å². The number of nitrogens with two attached hydrogens (primary N) is 1. The predicted octanol–water partition coefficient (Wildman–Crippen LogP) is 1.25. The molecular weight excluding hydrogens is 214 g/mol. The number of nitrogens with one attached hydrogen (secondary N) is 1. The van der Waals surface area contributed by atoms with E-state index in [4.69, 9.17) is 5.73 Å². The van der Waals surface area contributed by atoms with Crippen molar-refractivity contribution in [2.75, 3.05) is 14.1 Å². The second kappa shape index (κ2) is 4.45. The average Bonchev–Trinajstić information content (AvgIpc) is 2.67. The summed E-state index contributed by atoms with van der Waals surface area (Å²) in [7, 11) is 3.72. The van der Waals surface area contributed by atoms with Gasteiger partial charge in [0.1, 0.15) is 12.4 Å². The van der Waals surface area contributed by atoms with Gasteiger partial charge in [-0.05, 0) is 24.6 Å². The van der Waals surface area contributed by atoms with Gasteiger partial charge in [-0.15, -0.1) is 0 Å². The van der Waals surface area contributed by atoms with E-state index in [1.54, 1.807) is 4.90 Å². The average molecular weight is 231 g/mol. The highest BCUT2D eigenvalue weighted by Gasteiger charge is 2.02. The van der Waals surface area contributed by atoms with Crippen LogP contribution in [0.4, 0.5) is 0 Å². The number of guanidine groups is 1. The minimum absolute atomic E-state index is 0.470. The van der Waals surface area contributed by atoms with Crippen LogP contribution in [0, 0.1) is 6.92 Å². The molecule has 0 radical (unpaired) electrons. The van der Waals surface area contributed by atoms with E-state index in [1.165, 1.54) is 5.56 Å². The lowest BCUT2D eigenvalue weighted by atomic mass is 10.2. The number of rotatable bonds is 2. The highest BCUT2D eigenvalue weighted by Crippen LogP contribution is 2.13. The van der Waals surface area contributed by atoms with Gasteiger partial charge < -0.3 is 15.6 Å². The van der Waals surface area contributed by atoms with Crippen molar-refractivity contribution in [3.8, 4) is 0 Å². The summed E-state index contributed by atoms with van der Waals surface area (Å²) in [5, 5.41) is 0. The van der Waals surface area contributed by atoms with Crippen LogP contribution in [0.25, 0.3) is 11.0 Å². The maximum atomic E-state index is 5.72. The zero-order valence-corrected chi connectivity index (χ0v) is 10.4. The van der Waals surface area contributed by atoms with Gasteiger partial charge in [0.2, 0.25) is 0 Å². The number of aromatic amines is 1. The van der Waals surface area contributed by atoms with E-state index < -0.39 is 0 Å². The molecule has 0 aliphatic rings. The Bertz CT molecular complexity index is 553. The van der Waals surface area contributed by atoms with Gasteiger partial charge in [0.05, 0.1) is 11.0 Å². The lowest BCUT2D eigenvalue weighted by molar-refractivity contribution is 0.608. The molecule has 1 heterocycles. The van der Waals surface area contributed by atoms with Crippen LogP contribution in [0.15, 0.2) is 23.2 Å². The SMILES string of the molecule is Cc1ccc2nc(CN=C(N)N(C)C)[nH]c2c1. The van der Waals surface area contributed by atoms with E-state index in [-0.39, 0.29) is 0 Å². The van der Waals surface area contributed by atoms with Crippen molar-refractivity contribution >= 4 is 17.0 Å². The molecule has 3 N–H and O–H groups in total. The third-order valence-corrected chi connectivity index (χ3v) is 2.54. The summed E-state index contributed by atoms with van der Waals surface area (Å²) in [6, 6.07) is 6.12. The quantitative estimate of drug-likeness (QED) is 0.603. The van der Waals surface area contributed by atoms with Gasteiger partial charge in [-0.3, -0.25) is 0 Å². The molecule has 1 aromatic carbocycles. The van der Waals surface area contributed by atoms with Crippen molar-refractivity contribution < 1.29 is 0 Å². The largest absolute Gasteiger partial charge is 0.370 e. The van der Waals surface area contributed by atoms with Crippen molar-refractivity contribution in [1.29, 1.82) is 0 Å². The Morgan fingerprint density at radius 3 is 2.94 bits per heavy atom. The van der Waals surface area contributed by atoms with E-state index in [0.29, 0.717) is 12.5 Å². The molecule has 0 saturated carbocycles. The summed E-state index contributed by atoms with van der Waals surface area (Å²) >= 11 is 0. The Hall–Kier alpha value is -2.04. The number of aryl methyl sites for hydroxylation is 1. The minimum Gasteiger partial charge on any atom is -0.370 e. The molecular formula is C12H17N5. The fourth-order valence-electron chi connectivity index (χ4n) is 1.55. The summed E-state index contributed by atoms with van der Waals surface area (Å²) < 4.78 is 0. The summed E-state index contributed by atoms with van der Waals surface area (Å²) in [4.78, 5) is 13.7. The predicted molar refractivity (Wildman–Crippen MR) is 69.8 cm³/mol. The molecule has 5 heteroatoms. The molecule has 90 valence electrons. The van der Waals surface area contributed by atoms with Crippen LogP contribution in [-0.2, 0) is 6.54 Å². The number of nitrogens with zero attached hydrogens (tertiary/aromatic N) is 3. The Morgan fingerprint density at radius 1 is 1.47 bits per heavy atom. The molecule has 0 amide bonds. The number of benzene rings is 1. The molecule has 2 aromatic rings. The highest BCUT2D eigenvalue weighted by molar-refractivity contribution is 5.78. The second-order valence-corrected chi connectivity index (χ2v) is 4.27. The number of aromatic nitrogens is 2. The summed E-state index contributed by atoms with van der Waals surface area (Å²) in [6.45, 7) is 2.53. The maximum absolute atomic E-state index is 5.72. The number of aliphatic imine (C=N–C) groups is 1. The lowest BCUT2D eigenvalue weighted by Crippen LogP contribution is -2.30. The fraction of sp³-hybridized carbons (Fsp3) is 0.333. The molecule has 0 bridgehead atoms. The Kier molecular flexibility index (Phi) is 2.99. The number of fused-ring (bicyclic) bond motifs is 1. The number of hydrogen-bond acceptors (Lipinski definition) is 2. The van der Waals surface area contributed by atoms with Crippen molar-refractivity contribution in [1.82, 2.24) is 14.9 Å². The van der Waals surface area contributed by atoms with E-state index in [9.17, 15) is 0 Å². The number of hydrogen-bond donors (Lipinski definition) is 2. The minimum atomic E-state index is 0.470. The van der Waals surface area contributed by atoms with Crippen LogP contribution in [-0.4, -0.2) is 34.9 Å². The van der Waals surface area contributed by atoms with Crippen molar-refractivity contribution in [3.05, 3.63) is 29.6 Å². The van der Waals surface area contributed by atoms with Crippen molar-refractivity contribution in [2.24, 2.45) is 10.7 Å². The Labute approximate surface area is 100 Å². The molecule has 0 aliphatic carbocycles. The molecule has 0 saturated heterocycles. The molecule has 0 fully saturated rings. The maximum Gasteiger partial charge on any atom is 0.191 e. The zero-order chi connectivity index (χ0) is 12.4. The van der Waals surface area contributed by atoms with Crippen LogP contribution in [0.5, 0.6) is 0 Å². The van der Waals surface area contributed by atoms with Crippen molar-refractivity contribution in [3.63, 3.8) is 0 Å². The Morgan fingerprint density at radius 2 is 2.24 bits per heavy atom. The first kappa shape index (κ1) is 11.4. The topological polar surface area (TPSA) is 70.3 Å². The fourth-order valence-corrected chi connectivity index (χ4v) is 1.55. The van der Waals surface area contributed by atoms with Crippen LogP contribution in [0.3, 0.4) is 0 Å². The second-order valence-electron chi connectivity index (χ2n) is 4.27. The van der Waals surface area contributed by atoms with E-state index in [0.717, 1.165) is 16.9 Å². The molecule has 5 nitrogen and oxygen atoms in total. The number of imidazole rings is 1. The van der Waals surface area contributed by atoms with Gasteiger partial charge in [0.15, 0.2) is 5.96 Å². The van der Waals surface area contributed by atoms with Crippen LogP contribution >= 0.6 is 0 Å². The van der Waals surface area contributed by atoms with Gasteiger partial charge >= 0.3 is 0 Å². The van der Waals surface area contributed by atoms with Crippen LogP contribution in [0.1, 0.15) is 11.4 Å². The third kappa shape index (κ3) is 2.55. The summed E-state index contributed by atoms with van der Waals surface area (Å²) in [5.41, 5.74) is 8.93. The van der Waals surface area contributed by atoms with Crippen LogP contribution < -0.4 is 5.73 Å². The third-order valence-electron chi connectivity index (χ3n) is 2.54. The van der Waals surface area contributed by atoms with Gasteiger partial charge in [-0.2, -0.15) is 0 Å². The first-order valence-electron chi connectivity index (χ1n) is 5.49. The smallest absolute Gasteiger partial charge is 0.191 e. The molecule has 0 unspecified atom stereocenters. The molecule has 17 heavy (non-hydrogen) atoms. The van der Waals surface area contributed by atoms with E-state index in [1.807, 2.05) is 26.2 Å². The normalized spacial score (nSPS) is 12.1. The van der Waals surface area contributed by atoms with Crippen molar-refractivity contribution in [2.45, 2.75) is 13.5 Å². The van der Waals surface area contributed by atoms with E-state index >= 15 is 0 Å². The molecule has 2 rings (SSSR count). The van der Waals surface area contributed by atoms with Crippen LogP contribution in [0.2, 0.25) is 0 Å². The summed E-state index contributed by atoms with van der Waals surface area (Å²) in [6.07, 6.45) is 0. The molecule has 0 spiro atoms. The highest BCUT2D eigenvalue weighted by atomic mass is 15.2. The van der Waals surface area contributed by atoms with Gasteiger partial charge in [-0.25, -0.2) is 9.98 Å². The monoisotopic (exact) mass is 231 g/mol. The number of H-pyrrole nitrogens is 1. The van der Waals surface area contributed by atoms with Gasteiger partial charge in [0.25, 0.3) is 0 Å². The molecule has 0 atom stereocenters. The van der Waals surface area contributed by atoms with E-state index in [2.05, 4.69) is 28.0 Å². The first-order chi connectivity index (χ1) is 8.06. The zero-order valence-electron chi connectivity index (χ0n) is 10.4.